The number of esters is 1. The van der Waals surface area contributed by atoms with Gasteiger partial charge in [0.2, 0.25) is 0 Å². The van der Waals surface area contributed by atoms with Crippen molar-refractivity contribution in [3.63, 3.8) is 0 Å². The van der Waals surface area contributed by atoms with Gasteiger partial charge in [-0.1, -0.05) is 38.2 Å². The smallest absolute Gasteiger partial charge is 0.317 e. The molecule has 0 radical (unpaired) electrons. The Bertz CT molecular complexity index is 733. The molecule has 0 aromatic heterocycles. The maximum Gasteiger partial charge on any atom is 0.317 e. The number of hydrogen-bond donors (Lipinski definition) is 0. The molecular formula is C23H31NO5. The molecule has 0 atom stereocenters. The fraction of sp³-hybridized carbons (Fsp3) is 0.652. The Balaban J connectivity index is 1.44. The second-order valence-electron chi connectivity index (χ2n) is 8.37. The molecule has 1 saturated carbocycles. The van der Waals surface area contributed by atoms with Crippen LogP contribution >= 0.6 is 0 Å². The van der Waals surface area contributed by atoms with Gasteiger partial charge in [0.05, 0.1) is 5.41 Å². The molecule has 29 heavy (non-hydrogen) atoms. The summed E-state index contributed by atoms with van der Waals surface area (Å²) in [5.74, 6) is 1.04. The van der Waals surface area contributed by atoms with Gasteiger partial charge >= 0.3 is 5.97 Å². The van der Waals surface area contributed by atoms with Crippen LogP contribution in [-0.4, -0.2) is 49.7 Å². The van der Waals surface area contributed by atoms with Crippen LogP contribution in [0.25, 0.3) is 0 Å². The predicted octanol–water partition coefficient (Wildman–Crippen LogP) is 3.61. The molecule has 6 nitrogen and oxygen atoms in total. The molecule has 2 fully saturated rings. The van der Waals surface area contributed by atoms with Gasteiger partial charge in [0.1, 0.15) is 13.2 Å². The number of carbonyl (C=O) groups excluding carboxylic acids is 2. The maximum absolute atomic E-state index is 13.2. The predicted molar refractivity (Wildman–Crippen MR) is 108 cm³/mol. The monoisotopic (exact) mass is 401 g/mol. The number of nitrogens with zero attached hydrogens (tertiary/aromatic N) is 1. The fourth-order valence-corrected chi connectivity index (χ4v) is 4.78. The molecule has 0 bridgehead atoms. The van der Waals surface area contributed by atoms with Crippen LogP contribution in [0, 0.1) is 0 Å². The largest absolute Gasteiger partial charge is 0.486 e. The van der Waals surface area contributed by atoms with Crippen LogP contribution in [0.5, 0.6) is 11.5 Å². The minimum absolute atomic E-state index is 0.0735. The van der Waals surface area contributed by atoms with Gasteiger partial charge in [0.15, 0.2) is 18.1 Å². The molecule has 1 aromatic carbocycles. The lowest BCUT2D eigenvalue weighted by Gasteiger charge is -2.30. The first-order chi connectivity index (χ1) is 14.2. The molecule has 6 heteroatoms. The van der Waals surface area contributed by atoms with Crippen molar-refractivity contribution in [1.82, 2.24) is 4.90 Å². The van der Waals surface area contributed by atoms with Gasteiger partial charge in [-0.05, 0) is 43.4 Å². The first-order valence-corrected chi connectivity index (χ1v) is 11.0. The average Bonchev–Trinajstić information content (AvgIpc) is 3.22. The van der Waals surface area contributed by atoms with E-state index in [0.29, 0.717) is 24.7 Å². The molecular weight excluding hydrogens is 370 g/mol. The van der Waals surface area contributed by atoms with Crippen LogP contribution in [0.3, 0.4) is 0 Å². The summed E-state index contributed by atoms with van der Waals surface area (Å²) in [6.45, 7) is 2.43. The van der Waals surface area contributed by atoms with Gasteiger partial charge in [-0.25, -0.2) is 0 Å². The number of likely N-dealkylation sites (tertiary alicyclic amines) is 1. The van der Waals surface area contributed by atoms with E-state index in [4.69, 9.17) is 14.2 Å². The third-order valence-electron chi connectivity index (χ3n) is 6.48. The van der Waals surface area contributed by atoms with Crippen molar-refractivity contribution in [3.05, 3.63) is 23.8 Å². The quantitative estimate of drug-likeness (QED) is 0.721. The van der Waals surface area contributed by atoms with E-state index in [1.54, 1.807) is 0 Å². The highest BCUT2D eigenvalue weighted by Gasteiger charge is 2.45. The van der Waals surface area contributed by atoms with Crippen molar-refractivity contribution < 1.29 is 23.8 Å². The zero-order valence-corrected chi connectivity index (χ0v) is 17.1. The van der Waals surface area contributed by atoms with Crippen LogP contribution in [0.4, 0.5) is 0 Å². The van der Waals surface area contributed by atoms with Crippen LogP contribution in [0.15, 0.2) is 18.2 Å². The molecule has 4 rings (SSSR count). The molecule has 1 aliphatic carbocycles. The lowest BCUT2D eigenvalue weighted by molar-refractivity contribution is -0.157. The number of rotatable bonds is 4. The van der Waals surface area contributed by atoms with Crippen molar-refractivity contribution in [2.75, 3.05) is 32.9 Å². The van der Waals surface area contributed by atoms with E-state index in [9.17, 15) is 9.59 Å². The Hall–Kier alpha value is -2.24. The van der Waals surface area contributed by atoms with Gasteiger partial charge in [-0.15, -0.1) is 0 Å². The number of ether oxygens (including phenoxy) is 3. The first-order valence-electron chi connectivity index (χ1n) is 11.0. The van der Waals surface area contributed by atoms with Crippen molar-refractivity contribution in [2.24, 2.45) is 0 Å². The zero-order valence-electron chi connectivity index (χ0n) is 17.1. The van der Waals surface area contributed by atoms with E-state index in [-0.39, 0.29) is 18.5 Å². The molecule has 1 saturated heterocycles. The van der Waals surface area contributed by atoms with E-state index in [2.05, 4.69) is 0 Å². The highest BCUT2D eigenvalue weighted by molar-refractivity contribution is 5.87. The Kier molecular flexibility index (Phi) is 6.26. The van der Waals surface area contributed by atoms with Crippen molar-refractivity contribution >= 4 is 11.9 Å². The Morgan fingerprint density at radius 3 is 2.28 bits per heavy atom. The SMILES string of the molecule is O=C(COC(=O)C1(c2ccc3c(c2)OCCO3)CCCC1)N1CCCCCCC1. The van der Waals surface area contributed by atoms with E-state index >= 15 is 0 Å². The fourth-order valence-electron chi connectivity index (χ4n) is 4.78. The number of fused-ring (bicyclic) bond motifs is 1. The topological polar surface area (TPSA) is 65.1 Å². The Morgan fingerprint density at radius 1 is 0.897 bits per heavy atom. The van der Waals surface area contributed by atoms with E-state index in [1.807, 2.05) is 23.1 Å². The van der Waals surface area contributed by atoms with Gasteiger partial charge in [-0.2, -0.15) is 0 Å². The van der Waals surface area contributed by atoms with Gasteiger partial charge in [-0.3, -0.25) is 9.59 Å². The molecule has 0 spiro atoms. The normalized spacial score (nSPS) is 21.2. The van der Waals surface area contributed by atoms with Gasteiger partial charge < -0.3 is 19.1 Å². The third-order valence-corrected chi connectivity index (χ3v) is 6.48. The highest BCUT2D eigenvalue weighted by Crippen LogP contribution is 2.45. The number of hydrogen-bond acceptors (Lipinski definition) is 5. The standard InChI is InChI=1S/C23H31NO5/c25-21(24-12-6-2-1-3-7-13-24)17-29-22(26)23(10-4-5-11-23)18-8-9-19-20(16-18)28-15-14-27-19/h8-9,16H,1-7,10-15,17H2. The summed E-state index contributed by atoms with van der Waals surface area (Å²) in [4.78, 5) is 27.7. The summed E-state index contributed by atoms with van der Waals surface area (Å²) >= 11 is 0. The summed E-state index contributed by atoms with van der Waals surface area (Å²) in [6, 6.07) is 5.74. The Labute approximate surface area is 172 Å². The summed E-state index contributed by atoms with van der Waals surface area (Å²) in [5, 5.41) is 0. The number of benzene rings is 1. The van der Waals surface area contributed by atoms with Crippen LogP contribution < -0.4 is 9.47 Å². The molecule has 0 unspecified atom stereocenters. The molecule has 1 aromatic rings. The maximum atomic E-state index is 13.2. The van der Waals surface area contributed by atoms with Gasteiger partial charge in [0, 0.05) is 13.1 Å². The summed E-state index contributed by atoms with van der Waals surface area (Å²) in [7, 11) is 0. The molecule has 2 heterocycles. The summed E-state index contributed by atoms with van der Waals surface area (Å²) in [6.07, 6.45) is 9.06. The third kappa shape index (κ3) is 4.36. The van der Waals surface area contributed by atoms with Crippen molar-refractivity contribution in [3.8, 4) is 11.5 Å². The number of amides is 1. The van der Waals surface area contributed by atoms with Crippen molar-refractivity contribution in [1.29, 1.82) is 0 Å². The minimum Gasteiger partial charge on any atom is -0.486 e. The Morgan fingerprint density at radius 2 is 1.55 bits per heavy atom. The molecule has 2 aliphatic heterocycles. The lowest BCUT2D eigenvalue weighted by atomic mass is 9.78. The molecule has 3 aliphatic rings. The molecule has 158 valence electrons. The summed E-state index contributed by atoms with van der Waals surface area (Å²) in [5.41, 5.74) is 0.217. The summed E-state index contributed by atoms with van der Waals surface area (Å²) < 4.78 is 16.9. The lowest BCUT2D eigenvalue weighted by Crippen LogP contribution is -2.40. The van der Waals surface area contributed by atoms with Crippen LogP contribution in [-0.2, 0) is 19.7 Å². The van der Waals surface area contributed by atoms with Crippen LogP contribution in [0.1, 0.15) is 63.4 Å². The first kappa shape index (κ1) is 20.0. The van der Waals surface area contributed by atoms with Gasteiger partial charge in [0.25, 0.3) is 5.91 Å². The zero-order chi connectivity index (χ0) is 20.1. The minimum atomic E-state index is -0.688. The van der Waals surface area contributed by atoms with Crippen molar-refractivity contribution in [2.45, 2.75) is 63.2 Å². The van der Waals surface area contributed by atoms with E-state index < -0.39 is 5.41 Å². The molecule has 0 N–H and O–H groups in total. The highest BCUT2D eigenvalue weighted by atomic mass is 16.6. The number of carbonyl (C=O) groups is 2. The van der Waals surface area contributed by atoms with E-state index in [0.717, 1.165) is 70.0 Å². The second-order valence-corrected chi connectivity index (χ2v) is 8.37. The van der Waals surface area contributed by atoms with Crippen LogP contribution in [0.2, 0.25) is 0 Å². The second kappa shape index (κ2) is 9.06. The van der Waals surface area contributed by atoms with E-state index in [1.165, 1.54) is 6.42 Å². The average molecular weight is 402 g/mol. The molecule has 1 amide bonds.